The van der Waals surface area contributed by atoms with Gasteiger partial charge in [0.1, 0.15) is 5.82 Å². The Balaban J connectivity index is 1.70. The summed E-state index contributed by atoms with van der Waals surface area (Å²) in [5.74, 6) is -0.226. The third-order valence-corrected chi connectivity index (χ3v) is 5.69. The number of carbonyl (C=O) groups is 1. The molecular weight excluding hydrogens is 355 g/mol. The topological polar surface area (TPSA) is 59.3 Å². The third kappa shape index (κ3) is 3.39. The van der Waals surface area contributed by atoms with Crippen LogP contribution in [0.2, 0.25) is 0 Å². The zero-order chi connectivity index (χ0) is 19.8. The van der Waals surface area contributed by atoms with Crippen LogP contribution in [-0.4, -0.2) is 26.5 Å². The van der Waals surface area contributed by atoms with Crippen LogP contribution in [0.3, 0.4) is 0 Å². The van der Waals surface area contributed by atoms with E-state index in [9.17, 15) is 9.18 Å². The van der Waals surface area contributed by atoms with Gasteiger partial charge in [0.2, 0.25) is 5.91 Å². The average molecular weight is 380 g/mol. The average Bonchev–Trinajstić information content (AvgIpc) is 3.27. The lowest BCUT2D eigenvalue weighted by Gasteiger charge is -2.15. The standard InChI is InChI=1S/C22H25FN4O/c1-13-19(12-20(28)25-18-6-4-5-7-18)15(3)27-22(24-13)21(14(2)26-27)16-8-10-17(23)11-9-16/h8-11,18H,4-7,12H2,1-3H3,(H,25,28). The molecule has 146 valence electrons. The number of hydrogen-bond acceptors (Lipinski definition) is 3. The van der Waals surface area contributed by atoms with E-state index in [1.165, 1.54) is 25.0 Å². The Bertz CT molecular complexity index is 1030. The van der Waals surface area contributed by atoms with E-state index < -0.39 is 0 Å². The molecule has 1 aliphatic rings. The summed E-state index contributed by atoms with van der Waals surface area (Å²) in [6, 6.07) is 6.68. The van der Waals surface area contributed by atoms with Crippen LogP contribution >= 0.6 is 0 Å². The molecule has 0 aliphatic heterocycles. The number of hydrogen-bond donors (Lipinski definition) is 1. The maximum absolute atomic E-state index is 13.3. The first kappa shape index (κ1) is 18.6. The summed E-state index contributed by atoms with van der Waals surface area (Å²) < 4.78 is 15.1. The van der Waals surface area contributed by atoms with Gasteiger partial charge in [0, 0.05) is 28.6 Å². The van der Waals surface area contributed by atoms with Crippen molar-refractivity contribution < 1.29 is 9.18 Å². The van der Waals surface area contributed by atoms with Crippen molar-refractivity contribution in [2.45, 2.75) is 58.9 Å². The van der Waals surface area contributed by atoms with Gasteiger partial charge in [-0.15, -0.1) is 0 Å². The lowest BCUT2D eigenvalue weighted by molar-refractivity contribution is -0.121. The summed E-state index contributed by atoms with van der Waals surface area (Å²) in [6.07, 6.45) is 4.83. The minimum absolute atomic E-state index is 0.0434. The summed E-state index contributed by atoms with van der Waals surface area (Å²) in [5, 5.41) is 7.80. The van der Waals surface area contributed by atoms with Gasteiger partial charge in [0.05, 0.1) is 12.1 Å². The molecule has 0 spiro atoms. The van der Waals surface area contributed by atoms with E-state index in [0.29, 0.717) is 12.5 Å². The molecule has 0 saturated heterocycles. The Morgan fingerprint density at radius 3 is 2.50 bits per heavy atom. The minimum Gasteiger partial charge on any atom is -0.353 e. The van der Waals surface area contributed by atoms with E-state index in [4.69, 9.17) is 4.98 Å². The second-order valence-electron chi connectivity index (χ2n) is 7.69. The first-order valence-electron chi connectivity index (χ1n) is 9.84. The highest BCUT2D eigenvalue weighted by atomic mass is 19.1. The number of nitrogens with zero attached hydrogens (tertiary/aromatic N) is 3. The minimum atomic E-state index is -0.270. The Kier molecular flexibility index (Phi) is 4.87. The molecular formula is C22H25FN4O. The number of nitrogens with one attached hydrogen (secondary N) is 1. The van der Waals surface area contributed by atoms with Crippen molar-refractivity contribution in [1.82, 2.24) is 19.9 Å². The van der Waals surface area contributed by atoms with Gasteiger partial charge in [0.15, 0.2) is 5.65 Å². The highest BCUT2D eigenvalue weighted by molar-refractivity contribution is 5.82. The zero-order valence-corrected chi connectivity index (χ0v) is 16.6. The first-order chi connectivity index (χ1) is 13.4. The number of fused-ring (bicyclic) bond motifs is 1. The lowest BCUT2D eigenvalue weighted by Crippen LogP contribution is -2.34. The fraction of sp³-hybridized carbons (Fsp3) is 0.409. The molecule has 1 saturated carbocycles. The fourth-order valence-electron chi connectivity index (χ4n) is 4.19. The molecule has 1 N–H and O–H groups in total. The van der Waals surface area contributed by atoms with Crippen molar-refractivity contribution in [1.29, 1.82) is 0 Å². The molecule has 4 rings (SSSR count). The molecule has 2 aromatic heterocycles. The molecule has 0 atom stereocenters. The van der Waals surface area contributed by atoms with E-state index in [0.717, 1.165) is 52.3 Å². The molecule has 2 heterocycles. The van der Waals surface area contributed by atoms with Crippen LogP contribution in [0.25, 0.3) is 16.8 Å². The van der Waals surface area contributed by atoms with Crippen molar-refractivity contribution in [2.24, 2.45) is 0 Å². The van der Waals surface area contributed by atoms with Crippen molar-refractivity contribution in [3.8, 4) is 11.1 Å². The zero-order valence-electron chi connectivity index (χ0n) is 16.6. The SMILES string of the molecule is Cc1nc2c(-c3ccc(F)cc3)c(C)nn2c(C)c1CC(=O)NC1CCCC1. The van der Waals surface area contributed by atoms with E-state index in [2.05, 4.69) is 10.4 Å². The van der Waals surface area contributed by atoms with Crippen LogP contribution in [0.15, 0.2) is 24.3 Å². The van der Waals surface area contributed by atoms with Crippen molar-refractivity contribution in [3.05, 3.63) is 52.7 Å². The Labute approximate surface area is 164 Å². The molecule has 0 unspecified atom stereocenters. The fourth-order valence-corrected chi connectivity index (χ4v) is 4.19. The smallest absolute Gasteiger partial charge is 0.224 e. The summed E-state index contributed by atoms with van der Waals surface area (Å²) >= 11 is 0. The van der Waals surface area contributed by atoms with Crippen LogP contribution in [-0.2, 0) is 11.2 Å². The lowest BCUT2D eigenvalue weighted by atomic mass is 10.0. The number of aromatic nitrogens is 3. The molecule has 28 heavy (non-hydrogen) atoms. The van der Waals surface area contributed by atoms with Crippen LogP contribution in [0, 0.1) is 26.6 Å². The van der Waals surface area contributed by atoms with Gasteiger partial charge in [-0.05, 0) is 51.3 Å². The maximum atomic E-state index is 13.3. The molecule has 3 aromatic rings. The van der Waals surface area contributed by atoms with E-state index >= 15 is 0 Å². The summed E-state index contributed by atoms with van der Waals surface area (Å²) in [4.78, 5) is 17.3. The van der Waals surface area contributed by atoms with Crippen LogP contribution < -0.4 is 5.32 Å². The number of halogens is 1. The number of benzene rings is 1. The largest absolute Gasteiger partial charge is 0.353 e. The molecule has 5 nitrogen and oxygen atoms in total. The first-order valence-corrected chi connectivity index (χ1v) is 9.84. The predicted octanol–water partition coefficient (Wildman–Crippen LogP) is 4.06. The normalized spacial score (nSPS) is 14.7. The summed E-state index contributed by atoms with van der Waals surface area (Å²) in [6.45, 7) is 5.83. The van der Waals surface area contributed by atoms with Crippen LogP contribution in [0.5, 0.6) is 0 Å². The molecule has 1 fully saturated rings. The van der Waals surface area contributed by atoms with E-state index in [1.54, 1.807) is 16.6 Å². The number of carbonyl (C=O) groups excluding carboxylic acids is 1. The molecule has 1 aliphatic carbocycles. The molecule has 1 aromatic carbocycles. The summed E-state index contributed by atoms with van der Waals surface area (Å²) in [5.41, 5.74) is 6.00. The molecule has 0 bridgehead atoms. The van der Waals surface area contributed by atoms with E-state index in [-0.39, 0.29) is 11.7 Å². The number of aryl methyl sites for hydroxylation is 3. The molecule has 0 radical (unpaired) electrons. The van der Waals surface area contributed by atoms with Gasteiger partial charge in [-0.2, -0.15) is 5.10 Å². The molecule has 1 amide bonds. The van der Waals surface area contributed by atoms with Gasteiger partial charge >= 0.3 is 0 Å². The Morgan fingerprint density at radius 2 is 1.82 bits per heavy atom. The van der Waals surface area contributed by atoms with Crippen LogP contribution in [0.4, 0.5) is 4.39 Å². The second-order valence-corrected chi connectivity index (χ2v) is 7.69. The van der Waals surface area contributed by atoms with E-state index in [1.807, 2.05) is 20.8 Å². The maximum Gasteiger partial charge on any atom is 0.224 e. The monoisotopic (exact) mass is 380 g/mol. The highest BCUT2D eigenvalue weighted by Gasteiger charge is 2.21. The van der Waals surface area contributed by atoms with Crippen molar-refractivity contribution in [3.63, 3.8) is 0 Å². The van der Waals surface area contributed by atoms with Gasteiger partial charge in [-0.1, -0.05) is 25.0 Å². The third-order valence-electron chi connectivity index (χ3n) is 5.69. The van der Waals surface area contributed by atoms with Crippen LogP contribution in [0.1, 0.15) is 48.3 Å². The quantitative estimate of drug-likeness (QED) is 0.742. The number of amides is 1. The highest BCUT2D eigenvalue weighted by Crippen LogP contribution is 2.29. The second kappa shape index (κ2) is 7.34. The summed E-state index contributed by atoms with van der Waals surface area (Å²) in [7, 11) is 0. The number of rotatable bonds is 4. The van der Waals surface area contributed by atoms with Gasteiger partial charge in [-0.25, -0.2) is 13.9 Å². The Hall–Kier alpha value is -2.76. The van der Waals surface area contributed by atoms with Gasteiger partial charge in [0.25, 0.3) is 0 Å². The van der Waals surface area contributed by atoms with Gasteiger partial charge in [-0.3, -0.25) is 4.79 Å². The van der Waals surface area contributed by atoms with Gasteiger partial charge < -0.3 is 5.32 Å². The Morgan fingerprint density at radius 1 is 1.14 bits per heavy atom. The van der Waals surface area contributed by atoms with Crippen molar-refractivity contribution >= 4 is 11.6 Å². The molecule has 6 heteroatoms. The van der Waals surface area contributed by atoms with Crippen molar-refractivity contribution in [2.75, 3.05) is 0 Å². The predicted molar refractivity (Wildman–Crippen MR) is 107 cm³/mol.